The minimum atomic E-state index is -0.437. The van der Waals surface area contributed by atoms with Crippen LogP contribution >= 0.6 is 0 Å². The molecule has 0 aromatic heterocycles. The Kier molecular flexibility index (Phi) is 9.39. The van der Waals surface area contributed by atoms with Gasteiger partial charge in [-0.05, 0) is 42.7 Å². The number of carbonyl (C=O) groups is 2. The van der Waals surface area contributed by atoms with Crippen LogP contribution in [0.2, 0.25) is 0 Å². The summed E-state index contributed by atoms with van der Waals surface area (Å²) in [6.45, 7) is 8.06. The quantitative estimate of drug-likeness (QED) is 0.371. The van der Waals surface area contributed by atoms with Gasteiger partial charge in [0.25, 0.3) is 0 Å². The molecule has 0 unspecified atom stereocenters. The fraction of sp³-hybridized carbons (Fsp3) is 0.440. The molecule has 0 amide bonds. The van der Waals surface area contributed by atoms with Crippen molar-refractivity contribution in [1.82, 2.24) is 0 Å². The number of allylic oxidation sites excluding steroid dienone is 2. The van der Waals surface area contributed by atoms with Gasteiger partial charge in [0.05, 0.1) is 7.11 Å². The first-order chi connectivity index (χ1) is 14.5. The van der Waals surface area contributed by atoms with Crippen LogP contribution < -0.4 is 4.74 Å². The van der Waals surface area contributed by atoms with E-state index in [2.05, 4.69) is 32.6 Å². The molecule has 1 aliphatic heterocycles. The Labute approximate surface area is 179 Å². The van der Waals surface area contributed by atoms with Crippen LogP contribution in [0.4, 0.5) is 0 Å². The highest BCUT2D eigenvalue weighted by Gasteiger charge is 2.25. The lowest BCUT2D eigenvalue weighted by atomic mass is 9.87. The number of rotatable bonds is 6. The van der Waals surface area contributed by atoms with E-state index in [9.17, 15) is 9.59 Å². The normalized spacial score (nSPS) is 23.4. The van der Waals surface area contributed by atoms with Gasteiger partial charge in [0.2, 0.25) is 0 Å². The van der Waals surface area contributed by atoms with Gasteiger partial charge < -0.3 is 14.2 Å². The van der Waals surface area contributed by atoms with Crippen LogP contribution in [-0.2, 0) is 20.7 Å². The first-order valence-electron chi connectivity index (χ1n) is 10.4. The third-order valence-corrected chi connectivity index (χ3v) is 5.42. The molecule has 162 valence electrons. The maximum absolute atomic E-state index is 13.1. The number of benzene rings is 1. The standard InChI is InChI=1S/C25H32O5/c1-5-16-29-23(26)15-9-13-21-17-19(3)18(2)10-6-7-11-20-12-8-14-22(28-4)24(20)25(27)30-21/h5-9,12,14-15,18-19,21H,1,10-11,13,16-17H2,2-4H3/b7-6+,15-9+/t18-,19+,21-/m0/s1. The molecule has 0 fully saturated rings. The summed E-state index contributed by atoms with van der Waals surface area (Å²) >= 11 is 0. The van der Waals surface area contributed by atoms with Crippen molar-refractivity contribution < 1.29 is 23.8 Å². The van der Waals surface area contributed by atoms with E-state index in [4.69, 9.17) is 14.2 Å². The number of fused-ring (bicyclic) bond motifs is 1. The molecule has 0 N–H and O–H groups in total. The Bertz CT molecular complexity index is 793. The van der Waals surface area contributed by atoms with Gasteiger partial charge in [-0.3, -0.25) is 0 Å². The zero-order valence-electron chi connectivity index (χ0n) is 18.1. The summed E-state index contributed by atoms with van der Waals surface area (Å²) in [5, 5.41) is 0. The molecule has 0 aliphatic carbocycles. The van der Waals surface area contributed by atoms with Crippen molar-refractivity contribution in [3.63, 3.8) is 0 Å². The predicted molar refractivity (Wildman–Crippen MR) is 118 cm³/mol. The average Bonchev–Trinajstić information content (AvgIpc) is 2.73. The smallest absolute Gasteiger partial charge is 0.342 e. The van der Waals surface area contributed by atoms with E-state index < -0.39 is 11.9 Å². The van der Waals surface area contributed by atoms with E-state index in [1.54, 1.807) is 19.3 Å². The summed E-state index contributed by atoms with van der Waals surface area (Å²) in [5.41, 5.74) is 1.34. The molecule has 2 rings (SSSR count). The molecular formula is C25H32O5. The van der Waals surface area contributed by atoms with Crippen LogP contribution in [0.3, 0.4) is 0 Å². The SMILES string of the molecule is C=CCOC(=O)/C=C/C[C@H]1C[C@@H](C)[C@@H](C)C/C=C/Cc2cccc(OC)c2C(=O)O1. The Hall–Kier alpha value is -2.82. The van der Waals surface area contributed by atoms with Crippen molar-refractivity contribution in [2.75, 3.05) is 13.7 Å². The summed E-state index contributed by atoms with van der Waals surface area (Å²) in [7, 11) is 1.55. The molecule has 1 heterocycles. The van der Waals surface area contributed by atoms with E-state index >= 15 is 0 Å². The van der Waals surface area contributed by atoms with Crippen molar-refractivity contribution in [1.29, 1.82) is 0 Å². The van der Waals surface area contributed by atoms with Gasteiger partial charge in [0, 0.05) is 12.5 Å². The molecule has 0 saturated carbocycles. The van der Waals surface area contributed by atoms with Crippen LogP contribution in [0.5, 0.6) is 5.75 Å². The van der Waals surface area contributed by atoms with Gasteiger partial charge in [-0.15, -0.1) is 0 Å². The zero-order valence-corrected chi connectivity index (χ0v) is 18.1. The van der Waals surface area contributed by atoms with Crippen LogP contribution in [-0.4, -0.2) is 31.8 Å². The highest BCUT2D eigenvalue weighted by molar-refractivity contribution is 5.94. The van der Waals surface area contributed by atoms with E-state index in [1.165, 1.54) is 12.2 Å². The first-order valence-corrected chi connectivity index (χ1v) is 10.4. The van der Waals surface area contributed by atoms with E-state index in [0.717, 1.165) is 12.0 Å². The Balaban J connectivity index is 2.26. The fourth-order valence-electron chi connectivity index (χ4n) is 3.46. The van der Waals surface area contributed by atoms with Crippen molar-refractivity contribution >= 4 is 11.9 Å². The predicted octanol–water partition coefficient (Wildman–Crippen LogP) is 5.06. The van der Waals surface area contributed by atoms with Crippen molar-refractivity contribution in [2.24, 2.45) is 11.8 Å². The topological polar surface area (TPSA) is 61.8 Å². The lowest BCUT2D eigenvalue weighted by Gasteiger charge is -2.25. The number of ether oxygens (including phenoxy) is 3. The molecule has 0 saturated heterocycles. The Morgan fingerprint density at radius 2 is 2.07 bits per heavy atom. The molecule has 1 aromatic rings. The minimum Gasteiger partial charge on any atom is -0.496 e. The van der Waals surface area contributed by atoms with Crippen LogP contribution in [0, 0.1) is 11.8 Å². The highest BCUT2D eigenvalue weighted by Crippen LogP contribution is 2.29. The summed E-state index contributed by atoms with van der Waals surface area (Å²) in [6.07, 6.45) is 11.3. The minimum absolute atomic E-state index is 0.167. The maximum Gasteiger partial charge on any atom is 0.342 e. The second-order valence-electron chi connectivity index (χ2n) is 7.68. The van der Waals surface area contributed by atoms with Gasteiger partial charge in [-0.2, -0.15) is 0 Å². The number of hydrogen-bond acceptors (Lipinski definition) is 5. The van der Waals surface area contributed by atoms with Crippen LogP contribution in [0.25, 0.3) is 0 Å². The summed E-state index contributed by atoms with van der Waals surface area (Å²) in [6, 6.07) is 5.57. The monoisotopic (exact) mass is 412 g/mol. The lowest BCUT2D eigenvalue weighted by molar-refractivity contribution is -0.136. The van der Waals surface area contributed by atoms with Crippen LogP contribution in [0.1, 0.15) is 49.0 Å². The highest BCUT2D eigenvalue weighted by atomic mass is 16.5. The van der Waals surface area contributed by atoms with Gasteiger partial charge in [-0.25, -0.2) is 9.59 Å². The van der Waals surface area contributed by atoms with Gasteiger partial charge in [0.1, 0.15) is 24.0 Å². The number of esters is 2. The second-order valence-corrected chi connectivity index (χ2v) is 7.68. The van der Waals surface area contributed by atoms with Crippen molar-refractivity contribution in [3.05, 3.63) is 66.3 Å². The molecule has 0 bridgehead atoms. The zero-order chi connectivity index (χ0) is 21.9. The molecule has 1 aliphatic rings. The molecule has 0 radical (unpaired) electrons. The molecular weight excluding hydrogens is 380 g/mol. The Morgan fingerprint density at radius 1 is 1.27 bits per heavy atom. The van der Waals surface area contributed by atoms with Gasteiger partial charge in [-0.1, -0.05) is 56.9 Å². The fourth-order valence-corrected chi connectivity index (χ4v) is 3.46. The van der Waals surface area contributed by atoms with Crippen molar-refractivity contribution in [2.45, 2.75) is 45.6 Å². The lowest BCUT2D eigenvalue weighted by Crippen LogP contribution is -2.24. The number of cyclic esters (lactones) is 1. The van der Waals surface area contributed by atoms with Crippen molar-refractivity contribution in [3.8, 4) is 5.75 Å². The Morgan fingerprint density at radius 3 is 2.80 bits per heavy atom. The number of carbonyl (C=O) groups excluding carboxylic acids is 2. The molecule has 5 nitrogen and oxygen atoms in total. The maximum atomic E-state index is 13.1. The average molecular weight is 413 g/mol. The van der Waals surface area contributed by atoms with Crippen LogP contribution in [0.15, 0.2) is 55.2 Å². The molecule has 3 atom stereocenters. The largest absolute Gasteiger partial charge is 0.496 e. The summed E-state index contributed by atoms with van der Waals surface area (Å²) in [4.78, 5) is 24.8. The van der Waals surface area contributed by atoms with E-state index in [-0.39, 0.29) is 12.7 Å². The van der Waals surface area contributed by atoms with E-state index in [0.29, 0.717) is 42.4 Å². The second kappa shape index (κ2) is 12.0. The molecule has 1 aromatic carbocycles. The van der Waals surface area contributed by atoms with E-state index in [1.807, 2.05) is 12.1 Å². The molecule has 5 heteroatoms. The first kappa shape index (κ1) is 23.5. The van der Waals surface area contributed by atoms with Gasteiger partial charge >= 0.3 is 11.9 Å². The van der Waals surface area contributed by atoms with Gasteiger partial charge in [0.15, 0.2) is 0 Å². The number of hydrogen-bond donors (Lipinski definition) is 0. The molecule has 30 heavy (non-hydrogen) atoms. The third-order valence-electron chi connectivity index (χ3n) is 5.42. The number of methoxy groups -OCH3 is 1. The third kappa shape index (κ3) is 6.90. The summed E-state index contributed by atoms with van der Waals surface area (Å²) < 4.78 is 16.3. The summed E-state index contributed by atoms with van der Waals surface area (Å²) in [5.74, 6) is 0.474. The molecule has 0 spiro atoms.